The third-order valence-electron chi connectivity index (χ3n) is 14.0. The standard InChI is InChI=1S/C53H67N3O14S/c1-7-17-37-49(61)33(2)18-16-26-53(6)44(70-53)30-41(36-21-23-42-38(29-36)54-34(3)71-42)68-48(60)31-43(52(4,5)50(37)62)69-51(63)66-32-35-20-22-40(39(28-35)56(64)65)67-47(59)19-14-12-10-8-9-11-13-15-27-55-45(57)24-25-46(55)58/h7,20-25,28-29,33,37,41,43-44,49,61H,1,8-19,26-27,30-32H2,2-6H3/t33-,37+,41-,43-,44+,49-,53-/m0/s1. The largest absolute Gasteiger partial charge is 0.508 e. The number of nitrogens with zero attached hydrogens (tertiary/aromatic N) is 3. The minimum absolute atomic E-state index is 0.0523. The topological polar surface area (TPSA) is 231 Å². The maximum atomic E-state index is 14.6. The van der Waals surface area contributed by atoms with Crippen LogP contribution in [-0.4, -0.2) is 86.1 Å². The SMILES string of the molecule is C=CC[C@H]1C(=O)C(C)(C)[C@@H](OC(=O)OCc2ccc(OC(=O)CCCCCCCCCCN3C(=O)C=CC3=O)c([N+](=O)[O-])c2)CC(=O)O[C@H](c2ccc3sc(C)nc3c2)C[C@H]2O[C@@]2(C)CCC[C@H](C)[C@@H]1O. The Balaban J connectivity index is 1.07. The van der Waals surface area contributed by atoms with Crippen LogP contribution in [0.5, 0.6) is 5.75 Å². The van der Waals surface area contributed by atoms with Crippen LogP contribution in [0, 0.1) is 34.3 Å². The van der Waals surface area contributed by atoms with Crippen LogP contribution >= 0.6 is 11.3 Å². The van der Waals surface area contributed by atoms with Crippen LogP contribution in [0.15, 0.2) is 61.2 Å². The van der Waals surface area contributed by atoms with Crippen LogP contribution in [0.25, 0.3) is 10.2 Å². The number of aromatic nitrogens is 1. The summed E-state index contributed by atoms with van der Waals surface area (Å²) in [4.78, 5) is 95.5. The molecule has 1 aromatic heterocycles. The van der Waals surface area contributed by atoms with Gasteiger partial charge in [-0.3, -0.25) is 39.0 Å². The lowest BCUT2D eigenvalue weighted by Crippen LogP contribution is -2.48. The number of fused-ring (bicyclic) bond motifs is 2. The molecule has 0 spiro atoms. The molecule has 3 aromatic rings. The van der Waals surface area contributed by atoms with Crippen LogP contribution in [0.2, 0.25) is 0 Å². The summed E-state index contributed by atoms with van der Waals surface area (Å²) in [6.07, 6.45) is 8.02. The van der Waals surface area contributed by atoms with Gasteiger partial charge in [0.05, 0.1) is 49.8 Å². The van der Waals surface area contributed by atoms with E-state index in [0.717, 1.165) is 66.2 Å². The Labute approximate surface area is 418 Å². The number of hydrogen-bond acceptors (Lipinski definition) is 16. The summed E-state index contributed by atoms with van der Waals surface area (Å²) in [7, 11) is 0. The number of aliphatic hydroxyl groups is 1. The van der Waals surface area contributed by atoms with Gasteiger partial charge in [-0.1, -0.05) is 70.1 Å². The van der Waals surface area contributed by atoms with Crippen molar-refractivity contribution in [2.45, 2.75) is 168 Å². The summed E-state index contributed by atoms with van der Waals surface area (Å²) < 4.78 is 30.0. The minimum Gasteiger partial charge on any atom is -0.457 e. The zero-order valence-electron chi connectivity index (χ0n) is 41.4. The molecule has 3 aliphatic rings. The lowest BCUT2D eigenvalue weighted by atomic mass is 9.71. The first-order valence-electron chi connectivity index (χ1n) is 24.7. The molecule has 71 heavy (non-hydrogen) atoms. The molecule has 6 rings (SSSR count). The zero-order chi connectivity index (χ0) is 51.5. The second-order valence-electron chi connectivity index (χ2n) is 19.8. The smallest absolute Gasteiger partial charge is 0.457 e. The number of aliphatic hydroxyl groups excluding tert-OH is 1. The number of unbranched alkanes of at least 4 members (excludes halogenated alkanes) is 7. The van der Waals surface area contributed by atoms with E-state index in [0.29, 0.717) is 44.2 Å². The fourth-order valence-corrected chi connectivity index (χ4v) is 10.3. The van der Waals surface area contributed by atoms with Gasteiger partial charge in [-0.15, -0.1) is 17.9 Å². The number of thiazole rings is 1. The fraction of sp³-hybridized carbons (Fsp3) is 0.566. The summed E-state index contributed by atoms with van der Waals surface area (Å²) in [5, 5.41) is 24.6. The molecule has 3 aliphatic heterocycles. The number of epoxide rings is 1. The molecule has 4 heterocycles. The normalized spacial score (nSPS) is 24.8. The van der Waals surface area contributed by atoms with E-state index in [1.165, 1.54) is 43.0 Å². The predicted octanol–water partition coefficient (Wildman–Crippen LogP) is 10.1. The van der Waals surface area contributed by atoms with Crippen molar-refractivity contribution in [2.75, 3.05) is 6.54 Å². The number of nitro groups is 1. The molecule has 384 valence electrons. The van der Waals surface area contributed by atoms with Crippen molar-refractivity contribution in [3.8, 4) is 5.75 Å². The molecule has 0 aliphatic carbocycles. The highest BCUT2D eigenvalue weighted by Gasteiger charge is 2.53. The van der Waals surface area contributed by atoms with Gasteiger partial charge in [-0.05, 0) is 95.0 Å². The number of carbonyl (C=O) groups excluding carboxylic acids is 6. The zero-order valence-corrected chi connectivity index (χ0v) is 42.2. The molecule has 0 unspecified atom stereocenters. The first-order valence-corrected chi connectivity index (χ1v) is 25.5. The predicted molar refractivity (Wildman–Crippen MR) is 263 cm³/mol. The van der Waals surface area contributed by atoms with Crippen molar-refractivity contribution in [3.05, 3.63) is 87.5 Å². The van der Waals surface area contributed by atoms with Crippen molar-refractivity contribution in [2.24, 2.45) is 17.3 Å². The Morgan fingerprint density at radius 3 is 2.38 bits per heavy atom. The highest BCUT2D eigenvalue weighted by Crippen LogP contribution is 2.47. The molecule has 0 saturated carbocycles. The number of cyclic esters (lactones) is 1. The second-order valence-corrected chi connectivity index (χ2v) is 21.0. The quantitative estimate of drug-likeness (QED) is 0.0172. The van der Waals surface area contributed by atoms with E-state index in [4.69, 9.17) is 23.7 Å². The van der Waals surface area contributed by atoms with Gasteiger partial charge in [0.15, 0.2) is 0 Å². The number of hydrogen-bond donors (Lipinski definition) is 1. The van der Waals surface area contributed by atoms with Crippen LogP contribution in [0.3, 0.4) is 0 Å². The molecule has 2 amide bonds. The number of aryl methyl sites for hydroxylation is 1. The summed E-state index contributed by atoms with van der Waals surface area (Å²) in [5.41, 5.74) is -0.928. The van der Waals surface area contributed by atoms with Gasteiger partial charge in [-0.2, -0.15) is 0 Å². The van der Waals surface area contributed by atoms with Crippen molar-refractivity contribution >= 4 is 62.9 Å². The van der Waals surface area contributed by atoms with E-state index in [1.54, 1.807) is 17.4 Å². The number of benzene rings is 2. The monoisotopic (exact) mass is 1000 g/mol. The number of esters is 2. The number of imide groups is 1. The first kappa shape index (κ1) is 54.5. The number of carbonyl (C=O) groups is 6. The lowest BCUT2D eigenvalue weighted by molar-refractivity contribution is -0.385. The number of allylic oxidation sites excluding steroid dienone is 1. The molecular weight excluding hydrogens is 935 g/mol. The number of amides is 2. The Hall–Kier alpha value is -5.85. The fourth-order valence-electron chi connectivity index (χ4n) is 9.48. The molecule has 1 N–H and O–H groups in total. The van der Waals surface area contributed by atoms with Gasteiger partial charge in [0.2, 0.25) is 5.75 Å². The lowest BCUT2D eigenvalue weighted by Gasteiger charge is -2.37. The third kappa shape index (κ3) is 14.6. The number of ether oxygens (including phenoxy) is 5. The van der Waals surface area contributed by atoms with Gasteiger partial charge in [-0.25, -0.2) is 9.78 Å². The van der Waals surface area contributed by atoms with Crippen molar-refractivity contribution < 1.29 is 62.5 Å². The van der Waals surface area contributed by atoms with Crippen LogP contribution < -0.4 is 4.74 Å². The van der Waals surface area contributed by atoms with Crippen LogP contribution in [-0.2, 0) is 49.5 Å². The van der Waals surface area contributed by atoms with Crippen LogP contribution in [0.4, 0.5) is 10.5 Å². The minimum atomic E-state index is -1.57. The highest BCUT2D eigenvalue weighted by molar-refractivity contribution is 7.18. The molecule has 2 saturated heterocycles. The summed E-state index contributed by atoms with van der Waals surface area (Å²) in [6, 6.07) is 9.48. The average molecular weight is 1000 g/mol. The third-order valence-corrected chi connectivity index (χ3v) is 14.9. The molecule has 17 nitrogen and oxygen atoms in total. The summed E-state index contributed by atoms with van der Waals surface area (Å²) >= 11 is 1.55. The Morgan fingerprint density at radius 2 is 1.69 bits per heavy atom. The Kier molecular flexibility index (Phi) is 18.8. The average Bonchev–Trinajstić information content (AvgIpc) is 3.60. The Morgan fingerprint density at radius 1 is 1.00 bits per heavy atom. The first-order chi connectivity index (χ1) is 33.8. The number of Topliss-reactive ketones (excluding diaryl/α,β-unsaturated/α-hetero) is 1. The molecule has 0 radical (unpaired) electrons. The summed E-state index contributed by atoms with van der Waals surface area (Å²) in [5.74, 6) is -3.90. The highest BCUT2D eigenvalue weighted by atomic mass is 32.1. The van der Waals surface area contributed by atoms with Crippen molar-refractivity contribution in [1.82, 2.24) is 9.88 Å². The number of ketones is 1. The van der Waals surface area contributed by atoms with Crippen LogP contribution in [0.1, 0.15) is 146 Å². The van der Waals surface area contributed by atoms with E-state index < -0.39 is 82.8 Å². The summed E-state index contributed by atoms with van der Waals surface area (Å²) in [6.45, 7) is 12.6. The van der Waals surface area contributed by atoms with E-state index in [1.807, 2.05) is 39.0 Å². The van der Waals surface area contributed by atoms with Crippen molar-refractivity contribution in [3.63, 3.8) is 0 Å². The van der Waals surface area contributed by atoms with E-state index in [2.05, 4.69) is 11.6 Å². The maximum Gasteiger partial charge on any atom is 0.508 e. The van der Waals surface area contributed by atoms with Gasteiger partial charge in [0, 0.05) is 43.5 Å². The maximum absolute atomic E-state index is 14.6. The Bertz CT molecular complexity index is 2470. The van der Waals surface area contributed by atoms with E-state index >= 15 is 0 Å². The van der Waals surface area contributed by atoms with Gasteiger partial charge >= 0.3 is 23.8 Å². The van der Waals surface area contributed by atoms with Gasteiger partial charge in [0.25, 0.3) is 11.8 Å². The molecule has 7 atom stereocenters. The number of nitro benzene ring substituents is 1. The van der Waals surface area contributed by atoms with E-state index in [-0.39, 0.29) is 48.0 Å². The second kappa shape index (κ2) is 24.5. The molecule has 0 bridgehead atoms. The van der Waals surface area contributed by atoms with E-state index in [9.17, 15) is 44.0 Å². The van der Waals surface area contributed by atoms with Gasteiger partial charge < -0.3 is 28.8 Å². The van der Waals surface area contributed by atoms with Crippen molar-refractivity contribution in [1.29, 1.82) is 0 Å². The van der Waals surface area contributed by atoms with Gasteiger partial charge in [0.1, 0.15) is 24.6 Å². The molecule has 2 aromatic carbocycles. The molecule has 18 heteroatoms. The molecule has 2 fully saturated rings. The number of rotatable bonds is 19. The molecular formula is C53H67N3O14S.